The lowest BCUT2D eigenvalue weighted by Gasteiger charge is -2.08. The number of thiazole rings is 1. The van der Waals surface area contributed by atoms with E-state index >= 15 is 0 Å². The first kappa shape index (κ1) is 26.1. The minimum atomic E-state index is -3.99. The molecule has 8 nitrogen and oxygen atoms in total. The van der Waals surface area contributed by atoms with Gasteiger partial charge in [0.15, 0.2) is 10.6 Å². The Labute approximate surface area is 212 Å². The molecule has 0 saturated heterocycles. The lowest BCUT2D eigenvalue weighted by atomic mass is 10.2. The van der Waals surface area contributed by atoms with Crippen LogP contribution in [0.1, 0.15) is 17.3 Å². The van der Waals surface area contributed by atoms with Gasteiger partial charge in [-0.2, -0.15) is 4.99 Å². The molecule has 1 heterocycles. The number of benzene rings is 3. The summed E-state index contributed by atoms with van der Waals surface area (Å²) in [5, 5.41) is 0. The van der Waals surface area contributed by atoms with Gasteiger partial charge in [0.2, 0.25) is 0 Å². The zero-order chi connectivity index (χ0) is 26.7. The molecule has 0 atom stereocenters. The van der Waals surface area contributed by atoms with E-state index in [2.05, 4.69) is 9.71 Å². The van der Waals surface area contributed by atoms with E-state index in [4.69, 9.17) is 4.74 Å². The van der Waals surface area contributed by atoms with Gasteiger partial charge in [0.1, 0.15) is 18.2 Å². The van der Waals surface area contributed by atoms with E-state index in [0.29, 0.717) is 6.07 Å². The van der Waals surface area contributed by atoms with E-state index in [1.54, 1.807) is 6.92 Å². The first-order valence-electron chi connectivity index (χ1n) is 10.7. The van der Waals surface area contributed by atoms with Gasteiger partial charge in [0.25, 0.3) is 15.9 Å². The number of fused-ring (bicyclic) bond motifs is 1. The largest absolute Gasteiger partial charge is 0.465 e. The molecular formula is C24H18F3N3O5S2. The lowest BCUT2D eigenvalue weighted by Crippen LogP contribution is -2.23. The molecule has 1 N–H and O–H groups in total. The number of sulfonamides is 1. The average Bonchev–Trinajstić information content (AvgIpc) is 3.16. The van der Waals surface area contributed by atoms with Crippen molar-refractivity contribution in [3.63, 3.8) is 0 Å². The molecule has 0 aliphatic rings. The molecule has 0 fully saturated rings. The summed E-state index contributed by atoms with van der Waals surface area (Å²) >= 11 is 0.814. The van der Waals surface area contributed by atoms with Crippen molar-refractivity contribution in [1.82, 2.24) is 4.57 Å². The number of carbonyl (C=O) groups is 2. The monoisotopic (exact) mass is 549 g/mol. The zero-order valence-corrected chi connectivity index (χ0v) is 20.7. The fraction of sp³-hybridized carbons (Fsp3) is 0.125. The quantitative estimate of drug-likeness (QED) is 0.348. The second-order valence-electron chi connectivity index (χ2n) is 7.56. The van der Waals surface area contributed by atoms with Crippen LogP contribution in [0.5, 0.6) is 0 Å². The molecule has 0 bridgehead atoms. The molecular weight excluding hydrogens is 531 g/mol. The first-order valence-corrected chi connectivity index (χ1v) is 13.0. The summed E-state index contributed by atoms with van der Waals surface area (Å²) in [4.78, 5) is 28.7. The van der Waals surface area contributed by atoms with Crippen LogP contribution in [0.2, 0.25) is 0 Å². The van der Waals surface area contributed by atoms with Gasteiger partial charge in [-0.25, -0.2) is 21.6 Å². The molecule has 0 aliphatic carbocycles. The number of carbonyl (C=O) groups excluding carboxylic acids is 2. The number of anilines is 1. The summed E-state index contributed by atoms with van der Waals surface area (Å²) in [6, 6.07) is 11.3. The van der Waals surface area contributed by atoms with Crippen LogP contribution in [0, 0.1) is 17.5 Å². The third-order valence-corrected chi connectivity index (χ3v) is 7.42. The Bertz CT molecular complexity index is 1660. The number of rotatable bonds is 7. The third-order valence-electron chi connectivity index (χ3n) is 4.99. The van der Waals surface area contributed by atoms with E-state index in [-0.39, 0.29) is 37.8 Å². The van der Waals surface area contributed by atoms with E-state index in [1.165, 1.54) is 24.3 Å². The van der Waals surface area contributed by atoms with Crippen molar-refractivity contribution in [2.75, 3.05) is 11.3 Å². The van der Waals surface area contributed by atoms with E-state index in [0.717, 1.165) is 46.2 Å². The summed E-state index contributed by atoms with van der Waals surface area (Å²) in [6.07, 6.45) is 0. The third kappa shape index (κ3) is 5.89. The highest BCUT2D eigenvalue weighted by atomic mass is 32.2. The normalized spacial score (nSPS) is 12.1. The van der Waals surface area contributed by atoms with Crippen LogP contribution in [-0.2, 0) is 26.1 Å². The molecule has 0 saturated carbocycles. The Kier molecular flexibility index (Phi) is 7.45. The standard InChI is InChI=1S/C24H18F3N3O5S2/c1-2-35-21(31)13-30-22-19(27)11-16(26)12-20(22)36-24(30)28-23(32)14-3-7-17(8-4-14)29-37(33,34)18-9-5-15(25)6-10-18/h3-12,29H,2,13H2,1H3. The average molecular weight is 550 g/mol. The number of hydrogen-bond acceptors (Lipinski definition) is 6. The Morgan fingerprint density at radius 2 is 1.68 bits per heavy atom. The van der Waals surface area contributed by atoms with Crippen molar-refractivity contribution < 1.29 is 35.9 Å². The molecule has 0 unspecified atom stereocenters. The van der Waals surface area contributed by atoms with Gasteiger partial charge >= 0.3 is 5.97 Å². The molecule has 1 aromatic heterocycles. The molecule has 13 heteroatoms. The van der Waals surface area contributed by atoms with E-state index in [1.807, 2.05) is 0 Å². The van der Waals surface area contributed by atoms with Crippen LogP contribution in [0.3, 0.4) is 0 Å². The Morgan fingerprint density at radius 3 is 2.32 bits per heavy atom. The van der Waals surface area contributed by atoms with Crippen LogP contribution in [0.25, 0.3) is 10.2 Å². The predicted molar refractivity (Wildman–Crippen MR) is 130 cm³/mol. The summed E-state index contributed by atoms with van der Waals surface area (Å²) in [6.45, 7) is 1.23. The van der Waals surface area contributed by atoms with E-state index < -0.39 is 45.9 Å². The van der Waals surface area contributed by atoms with Gasteiger partial charge < -0.3 is 9.30 Å². The van der Waals surface area contributed by atoms with Gasteiger partial charge in [-0.15, -0.1) is 0 Å². The highest BCUT2D eigenvalue weighted by molar-refractivity contribution is 7.92. The second-order valence-corrected chi connectivity index (χ2v) is 10.3. The summed E-state index contributed by atoms with van der Waals surface area (Å²) in [5.41, 5.74) is 0.103. The van der Waals surface area contributed by atoms with Crippen molar-refractivity contribution in [1.29, 1.82) is 0 Å². The van der Waals surface area contributed by atoms with Gasteiger partial charge in [-0.1, -0.05) is 11.3 Å². The Balaban J connectivity index is 1.64. The summed E-state index contributed by atoms with van der Waals surface area (Å²) in [7, 11) is -3.99. The molecule has 0 aliphatic heterocycles. The maximum atomic E-state index is 14.5. The highest BCUT2D eigenvalue weighted by Gasteiger charge is 2.18. The van der Waals surface area contributed by atoms with Crippen molar-refractivity contribution in [2.24, 2.45) is 4.99 Å². The van der Waals surface area contributed by atoms with E-state index in [9.17, 15) is 31.2 Å². The van der Waals surface area contributed by atoms with Crippen LogP contribution in [-0.4, -0.2) is 31.5 Å². The van der Waals surface area contributed by atoms with Crippen LogP contribution >= 0.6 is 11.3 Å². The van der Waals surface area contributed by atoms with Gasteiger partial charge in [-0.05, 0) is 61.5 Å². The number of halogens is 3. The Hall–Kier alpha value is -3.97. The fourth-order valence-electron chi connectivity index (χ4n) is 3.36. The maximum absolute atomic E-state index is 14.5. The van der Waals surface area contributed by atoms with Gasteiger partial charge in [-0.3, -0.25) is 14.3 Å². The molecule has 0 spiro atoms. The molecule has 3 aromatic carbocycles. The zero-order valence-electron chi connectivity index (χ0n) is 19.1. The van der Waals surface area contributed by atoms with Crippen LogP contribution in [0.15, 0.2) is 70.6 Å². The maximum Gasteiger partial charge on any atom is 0.326 e. The topological polar surface area (TPSA) is 107 Å². The molecule has 1 amide bonds. The number of ether oxygens (including phenoxy) is 1. The van der Waals surface area contributed by atoms with Gasteiger partial charge in [0, 0.05) is 17.3 Å². The summed E-state index contributed by atoms with van der Waals surface area (Å²) < 4.78 is 74.8. The molecule has 192 valence electrons. The molecule has 4 rings (SSSR count). The number of nitrogens with zero attached hydrogens (tertiary/aromatic N) is 2. The smallest absolute Gasteiger partial charge is 0.326 e. The summed E-state index contributed by atoms with van der Waals surface area (Å²) in [5.74, 6) is -3.80. The van der Waals surface area contributed by atoms with Crippen LogP contribution in [0.4, 0.5) is 18.9 Å². The molecule has 37 heavy (non-hydrogen) atoms. The fourth-order valence-corrected chi connectivity index (χ4v) is 5.48. The number of aromatic nitrogens is 1. The Morgan fingerprint density at radius 1 is 1.00 bits per heavy atom. The number of nitrogens with one attached hydrogen (secondary N) is 1. The minimum absolute atomic E-state index is 0.0568. The lowest BCUT2D eigenvalue weighted by molar-refractivity contribution is -0.143. The highest BCUT2D eigenvalue weighted by Crippen LogP contribution is 2.23. The SMILES string of the molecule is CCOC(=O)Cn1c(=NC(=O)c2ccc(NS(=O)(=O)c3ccc(F)cc3)cc2)sc2cc(F)cc(F)c21. The van der Waals surface area contributed by atoms with Crippen molar-refractivity contribution in [2.45, 2.75) is 18.4 Å². The minimum Gasteiger partial charge on any atom is -0.465 e. The van der Waals surface area contributed by atoms with Gasteiger partial charge in [0.05, 0.1) is 21.7 Å². The van der Waals surface area contributed by atoms with Crippen molar-refractivity contribution >= 4 is 49.1 Å². The number of esters is 1. The molecule has 4 aromatic rings. The first-order chi connectivity index (χ1) is 17.6. The molecule has 0 radical (unpaired) electrons. The van der Waals surface area contributed by atoms with Crippen molar-refractivity contribution in [3.05, 3.63) is 88.5 Å². The number of hydrogen-bond donors (Lipinski definition) is 1. The number of amides is 1. The van der Waals surface area contributed by atoms with Crippen molar-refractivity contribution in [3.8, 4) is 0 Å². The predicted octanol–water partition coefficient (Wildman–Crippen LogP) is 4.23. The van der Waals surface area contributed by atoms with Crippen LogP contribution < -0.4 is 9.52 Å². The second kappa shape index (κ2) is 10.6.